The Morgan fingerprint density at radius 1 is 1.31 bits per heavy atom. The molecule has 1 saturated carbocycles. The molecule has 1 aliphatic rings. The van der Waals surface area contributed by atoms with E-state index >= 15 is 0 Å². The first kappa shape index (κ1) is 11.6. The summed E-state index contributed by atoms with van der Waals surface area (Å²) in [6.07, 6.45) is 5.21. The van der Waals surface area contributed by atoms with Crippen molar-refractivity contribution in [3.8, 4) is 0 Å². The Kier molecular flexibility index (Phi) is 3.31. The summed E-state index contributed by atoms with van der Waals surface area (Å²) < 4.78 is 0. The highest BCUT2D eigenvalue weighted by atomic mass is 15.2. The maximum absolute atomic E-state index is 5.77. The molecule has 88 valence electrons. The molecule has 1 aliphatic carbocycles. The zero-order valence-corrected chi connectivity index (χ0v) is 10.3. The van der Waals surface area contributed by atoms with Gasteiger partial charge in [0.25, 0.3) is 0 Å². The molecule has 0 saturated heterocycles. The molecule has 0 bridgehead atoms. The molecule has 2 nitrogen and oxygen atoms in total. The van der Waals surface area contributed by atoms with Crippen LogP contribution >= 0.6 is 0 Å². The highest BCUT2D eigenvalue weighted by Gasteiger charge is 2.37. The third-order valence-electron chi connectivity index (χ3n) is 3.98. The number of nitrogens with one attached hydrogen (secondary N) is 1. The van der Waals surface area contributed by atoms with Crippen LogP contribution in [0.3, 0.4) is 0 Å². The summed E-state index contributed by atoms with van der Waals surface area (Å²) in [5, 5.41) is 0. The van der Waals surface area contributed by atoms with Crippen molar-refractivity contribution in [1.82, 2.24) is 5.43 Å². The summed E-state index contributed by atoms with van der Waals surface area (Å²) in [6, 6.07) is 8.96. The maximum atomic E-state index is 5.77. The number of benzene rings is 1. The summed E-state index contributed by atoms with van der Waals surface area (Å²) in [4.78, 5) is 0. The molecule has 0 spiro atoms. The van der Waals surface area contributed by atoms with Crippen molar-refractivity contribution in [2.75, 3.05) is 0 Å². The molecular weight excluding hydrogens is 196 g/mol. The van der Waals surface area contributed by atoms with Gasteiger partial charge in [-0.3, -0.25) is 11.3 Å². The van der Waals surface area contributed by atoms with Crippen LogP contribution in [0.25, 0.3) is 0 Å². The first-order chi connectivity index (χ1) is 7.65. The molecule has 0 radical (unpaired) electrons. The molecule has 1 aromatic rings. The van der Waals surface area contributed by atoms with Crippen molar-refractivity contribution < 1.29 is 0 Å². The highest BCUT2D eigenvalue weighted by Crippen LogP contribution is 2.46. The molecule has 0 heterocycles. The van der Waals surface area contributed by atoms with Gasteiger partial charge < -0.3 is 0 Å². The molecule has 3 N–H and O–H groups in total. The van der Waals surface area contributed by atoms with E-state index in [-0.39, 0.29) is 6.04 Å². The van der Waals surface area contributed by atoms with Crippen LogP contribution < -0.4 is 11.3 Å². The van der Waals surface area contributed by atoms with Gasteiger partial charge in [0, 0.05) is 0 Å². The van der Waals surface area contributed by atoms with E-state index in [1.165, 1.54) is 36.8 Å². The Hall–Kier alpha value is -0.860. The number of nitrogens with two attached hydrogens (primary N) is 1. The van der Waals surface area contributed by atoms with E-state index in [1.807, 2.05) is 0 Å². The summed E-state index contributed by atoms with van der Waals surface area (Å²) in [5.74, 6) is 5.77. The topological polar surface area (TPSA) is 38.0 Å². The summed E-state index contributed by atoms with van der Waals surface area (Å²) in [7, 11) is 0. The molecule has 1 aromatic carbocycles. The normalized spacial score (nSPS) is 20.9. The van der Waals surface area contributed by atoms with Crippen LogP contribution in [0.5, 0.6) is 0 Å². The van der Waals surface area contributed by atoms with Crippen LogP contribution in [0.4, 0.5) is 0 Å². The number of rotatable bonds is 3. The minimum Gasteiger partial charge on any atom is -0.271 e. The van der Waals surface area contributed by atoms with E-state index in [4.69, 9.17) is 5.84 Å². The van der Waals surface area contributed by atoms with Crippen molar-refractivity contribution in [1.29, 1.82) is 0 Å². The van der Waals surface area contributed by atoms with Crippen molar-refractivity contribution >= 4 is 0 Å². The molecule has 1 atom stereocenters. The molecule has 0 aliphatic heterocycles. The fourth-order valence-corrected chi connectivity index (χ4v) is 3.02. The van der Waals surface area contributed by atoms with Gasteiger partial charge in [-0.2, -0.15) is 0 Å². The fourth-order valence-electron chi connectivity index (χ4n) is 3.02. The molecular formula is C14H22N2. The van der Waals surface area contributed by atoms with E-state index in [2.05, 4.69) is 43.5 Å². The van der Waals surface area contributed by atoms with Crippen LogP contribution in [0.15, 0.2) is 24.3 Å². The average molecular weight is 218 g/mol. The largest absolute Gasteiger partial charge is 0.271 e. The Bertz CT molecular complexity index is 354. The molecule has 16 heavy (non-hydrogen) atoms. The first-order valence-electron chi connectivity index (χ1n) is 6.18. The van der Waals surface area contributed by atoms with E-state index in [0.29, 0.717) is 5.41 Å². The third-order valence-corrected chi connectivity index (χ3v) is 3.98. The van der Waals surface area contributed by atoms with E-state index in [1.54, 1.807) is 0 Å². The van der Waals surface area contributed by atoms with E-state index in [0.717, 1.165) is 0 Å². The van der Waals surface area contributed by atoms with E-state index < -0.39 is 0 Å². The molecule has 2 heteroatoms. The predicted octanol–water partition coefficient (Wildman–Crippen LogP) is 3.08. The van der Waals surface area contributed by atoms with Gasteiger partial charge in [0.2, 0.25) is 0 Å². The van der Waals surface area contributed by atoms with Gasteiger partial charge in [0.05, 0.1) is 6.04 Å². The molecule has 2 rings (SSSR count). The average Bonchev–Trinajstić information content (AvgIpc) is 2.67. The number of hydrogen-bond donors (Lipinski definition) is 2. The van der Waals surface area contributed by atoms with Gasteiger partial charge >= 0.3 is 0 Å². The SMILES string of the molecule is Cc1cccc(C(NN)C2(C)CCCC2)c1. The molecule has 1 unspecified atom stereocenters. The Morgan fingerprint density at radius 3 is 2.56 bits per heavy atom. The van der Waals surface area contributed by atoms with Gasteiger partial charge in [-0.05, 0) is 30.7 Å². The number of hydrogen-bond acceptors (Lipinski definition) is 2. The standard InChI is InChI=1S/C14H22N2/c1-11-6-5-7-12(10-11)13(16-15)14(2)8-3-4-9-14/h5-7,10,13,16H,3-4,8-9,15H2,1-2H3. The fraction of sp³-hybridized carbons (Fsp3) is 0.571. The molecule has 0 amide bonds. The van der Waals surface area contributed by atoms with Crippen molar-refractivity contribution in [2.45, 2.75) is 45.6 Å². The number of hydrazine groups is 1. The lowest BCUT2D eigenvalue weighted by Crippen LogP contribution is -2.38. The van der Waals surface area contributed by atoms with Crippen LogP contribution in [-0.2, 0) is 0 Å². The van der Waals surface area contributed by atoms with Gasteiger partial charge in [-0.15, -0.1) is 0 Å². The molecule has 0 aromatic heterocycles. The van der Waals surface area contributed by atoms with Gasteiger partial charge in [0.1, 0.15) is 0 Å². The van der Waals surface area contributed by atoms with Crippen LogP contribution in [0.2, 0.25) is 0 Å². The Labute approximate surface area is 98.2 Å². The zero-order valence-electron chi connectivity index (χ0n) is 10.3. The second-order valence-corrected chi connectivity index (χ2v) is 5.37. The maximum Gasteiger partial charge on any atom is 0.0513 e. The number of aryl methyl sites for hydroxylation is 1. The van der Waals surface area contributed by atoms with Gasteiger partial charge in [0.15, 0.2) is 0 Å². The van der Waals surface area contributed by atoms with Gasteiger partial charge in [-0.25, -0.2) is 0 Å². The van der Waals surface area contributed by atoms with Crippen molar-refractivity contribution in [3.05, 3.63) is 35.4 Å². The second-order valence-electron chi connectivity index (χ2n) is 5.37. The predicted molar refractivity (Wildman–Crippen MR) is 67.8 cm³/mol. The second kappa shape index (κ2) is 4.56. The first-order valence-corrected chi connectivity index (χ1v) is 6.18. The lowest BCUT2D eigenvalue weighted by Gasteiger charge is -2.34. The monoisotopic (exact) mass is 218 g/mol. The summed E-state index contributed by atoms with van der Waals surface area (Å²) >= 11 is 0. The highest BCUT2D eigenvalue weighted by molar-refractivity contribution is 5.26. The smallest absolute Gasteiger partial charge is 0.0513 e. The minimum absolute atomic E-state index is 0.287. The third kappa shape index (κ3) is 2.13. The van der Waals surface area contributed by atoms with Crippen molar-refractivity contribution in [3.63, 3.8) is 0 Å². The van der Waals surface area contributed by atoms with Crippen LogP contribution in [0, 0.1) is 12.3 Å². The van der Waals surface area contributed by atoms with Crippen LogP contribution in [-0.4, -0.2) is 0 Å². The van der Waals surface area contributed by atoms with E-state index in [9.17, 15) is 0 Å². The minimum atomic E-state index is 0.287. The Morgan fingerprint density at radius 2 is 2.00 bits per heavy atom. The van der Waals surface area contributed by atoms with Crippen molar-refractivity contribution in [2.24, 2.45) is 11.3 Å². The zero-order chi connectivity index (χ0) is 11.6. The Balaban J connectivity index is 2.28. The van der Waals surface area contributed by atoms with Crippen LogP contribution in [0.1, 0.15) is 49.8 Å². The molecule has 1 fully saturated rings. The lowest BCUT2D eigenvalue weighted by atomic mass is 9.77. The summed E-state index contributed by atoms with van der Waals surface area (Å²) in [5.41, 5.74) is 5.98. The van der Waals surface area contributed by atoms with Gasteiger partial charge in [-0.1, -0.05) is 49.6 Å². The quantitative estimate of drug-likeness (QED) is 0.604. The summed E-state index contributed by atoms with van der Waals surface area (Å²) in [6.45, 7) is 4.49. The lowest BCUT2D eigenvalue weighted by molar-refractivity contribution is 0.225.